The number of imidazole rings is 1. The summed E-state index contributed by atoms with van der Waals surface area (Å²) in [6.45, 7) is 2.01. The quantitative estimate of drug-likeness (QED) is 0.840. The monoisotopic (exact) mass is 367 g/mol. The minimum atomic E-state index is -0.672. The Morgan fingerprint density at radius 2 is 2.04 bits per heavy atom. The van der Waals surface area contributed by atoms with Crippen molar-refractivity contribution in [2.75, 3.05) is 13.1 Å². The first-order valence-electron chi connectivity index (χ1n) is 9.87. The van der Waals surface area contributed by atoms with Crippen molar-refractivity contribution >= 4 is 5.91 Å². The van der Waals surface area contributed by atoms with Gasteiger partial charge in [-0.25, -0.2) is 4.98 Å². The van der Waals surface area contributed by atoms with E-state index < -0.39 is 5.54 Å². The highest BCUT2D eigenvalue weighted by Gasteiger charge is 2.44. The van der Waals surface area contributed by atoms with Crippen LogP contribution in [-0.2, 0) is 11.3 Å². The first kappa shape index (κ1) is 16.7. The van der Waals surface area contributed by atoms with E-state index in [0.717, 1.165) is 37.8 Å². The van der Waals surface area contributed by atoms with Crippen molar-refractivity contribution in [2.24, 2.45) is 11.7 Å². The van der Waals surface area contributed by atoms with Crippen LogP contribution in [0.2, 0.25) is 0 Å². The zero-order valence-corrected chi connectivity index (χ0v) is 15.4. The number of carbonyl (C=O) groups is 1. The Bertz CT molecular complexity index is 926. The maximum Gasteiger partial charge on any atom is 0.261 e. The van der Waals surface area contributed by atoms with E-state index in [2.05, 4.69) is 9.97 Å². The molecule has 0 aromatic carbocycles. The molecule has 2 aliphatic heterocycles. The van der Waals surface area contributed by atoms with Gasteiger partial charge in [0.2, 0.25) is 5.91 Å². The summed E-state index contributed by atoms with van der Waals surface area (Å²) in [4.78, 5) is 35.3. The Morgan fingerprint density at radius 1 is 1.22 bits per heavy atom. The molecule has 0 spiro atoms. The molecular weight excluding hydrogens is 342 g/mol. The van der Waals surface area contributed by atoms with Gasteiger partial charge in [0.15, 0.2) is 0 Å². The van der Waals surface area contributed by atoms with Gasteiger partial charge in [0, 0.05) is 43.6 Å². The lowest BCUT2D eigenvalue weighted by molar-refractivity contribution is -0.139. The first-order chi connectivity index (χ1) is 13.0. The van der Waals surface area contributed by atoms with Gasteiger partial charge in [-0.1, -0.05) is 12.8 Å². The summed E-state index contributed by atoms with van der Waals surface area (Å²) in [6.07, 6.45) is 8.07. The second-order valence-electron chi connectivity index (χ2n) is 8.40. The summed E-state index contributed by atoms with van der Waals surface area (Å²) in [5.74, 6) is 1.21. The van der Waals surface area contributed by atoms with Crippen molar-refractivity contribution in [1.29, 1.82) is 0 Å². The number of pyridine rings is 1. The fourth-order valence-electron chi connectivity index (χ4n) is 5.24. The van der Waals surface area contributed by atoms with Gasteiger partial charge in [-0.15, -0.1) is 0 Å². The number of H-pyrrole nitrogens is 1. The number of nitrogens with zero attached hydrogens (tertiary/aromatic N) is 3. The molecule has 7 nitrogen and oxygen atoms in total. The number of piperidine rings is 1. The Kier molecular flexibility index (Phi) is 3.75. The zero-order chi connectivity index (χ0) is 18.6. The second-order valence-corrected chi connectivity index (χ2v) is 8.40. The highest BCUT2D eigenvalue weighted by Crippen LogP contribution is 2.38. The normalized spacial score (nSPS) is 26.0. The van der Waals surface area contributed by atoms with Gasteiger partial charge in [-0.3, -0.25) is 9.59 Å². The van der Waals surface area contributed by atoms with Crippen molar-refractivity contribution in [3.05, 3.63) is 40.6 Å². The number of carbonyl (C=O) groups excluding carboxylic acids is 1. The molecule has 27 heavy (non-hydrogen) atoms. The van der Waals surface area contributed by atoms with Crippen molar-refractivity contribution < 1.29 is 4.79 Å². The van der Waals surface area contributed by atoms with Crippen molar-refractivity contribution in [3.63, 3.8) is 0 Å². The topological polar surface area (TPSA) is 97.0 Å². The number of aromatic amines is 1. The Labute approximate surface area is 157 Å². The van der Waals surface area contributed by atoms with Gasteiger partial charge in [0.1, 0.15) is 5.82 Å². The number of rotatable bonds is 2. The number of hydrogen-bond acceptors (Lipinski definition) is 4. The summed E-state index contributed by atoms with van der Waals surface area (Å²) < 4.78 is 1.90. The van der Waals surface area contributed by atoms with Crippen LogP contribution in [-0.4, -0.2) is 44.0 Å². The van der Waals surface area contributed by atoms with Crippen LogP contribution in [0.5, 0.6) is 0 Å². The predicted octanol–water partition coefficient (Wildman–Crippen LogP) is 1.46. The number of nitrogens with two attached hydrogens (primary N) is 1. The van der Waals surface area contributed by atoms with E-state index in [9.17, 15) is 9.59 Å². The van der Waals surface area contributed by atoms with Crippen LogP contribution in [0.15, 0.2) is 29.3 Å². The molecule has 0 unspecified atom stereocenters. The predicted molar refractivity (Wildman–Crippen MR) is 101 cm³/mol. The van der Waals surface area contributed by atoms with Gasteiger partial charge in [0.05, 0.1) is 11.1 Å². The maximum absolute atomic E-state index is 13.1. The molecule has 5 rings (SSSR count). The Balaban J connectivity index is 1.46. The largest absolute Gasteiger partial charge is 0.344 e. The van der Waals surface area contributed by atoms with Crippen LogP contribution >= 0.6 is 0 Å². The molecule has 0 radical (unpaired) electrons. The molecule has 2 bridgehead atoms. The highest BCUT2D eigenvalue weighted by molar-refractivity contribution is 5.86. The van der Waals surface area contributed by atoms with E-state index in [1.807, 2.05) is 21.6 Å². The van der Waals surface area contributed by atoms with Crippen LogP contribution < -0.4 is 11.3 Å². The summed E-state index contributed by atoms with van der Waals surface area (Å²) in [6, 6.07) is 3.89. The molecule has 3 aliphatic rings. The average Bonchev–Trinajstić information content (AvgIpc) is 3.34. The third-order valence-electron chi connectivity index (χ3n) is 6.57. The van der Waals surface area contributed by atoms with E-state index in [0.29, 0.717) is 36.9 Å². The van der Waals surface area contributed by atoms with Crippen LogP contribution in [0.4, 0.5) is 0 Å². The van der Waals surface area contributed by atoms with E-state index >= 15 is 0 Å². The minimum Gasteiger partial charge on any atom is -0.344 e. The maximum atomic E-state index is 13.1. The molecule has 2 aromatic heterocycles. The number of likely N-dealkylation sites (tertiary alicyclic amines) is 1. The molecule has 1 aliphatic carbocycles. The molecule has 2 atom stereocenters. The minimum absolute atomic E-state index is 0.00279. The van der Waals surface area contributed by atoms with Crippen LogP contribution in [0.3, 0.4) is 0 Å². The third-order valence-corrected chi connectivity index (χ3v) is 6.57. The van der Waals surface area contributed by atoms with Crippen molar-refractivity contribution in [1.82, 2.24) is 19.4 Å². The second kappa shape index (κ2) is 6.05. The summed E-state index contributed by atoms with van der Waals surface area (Å²) in [5, 5.41) is 0. The van der Waals surface area contributed by atoms with Gasteiger partial charge in [-0.2, -0.15) is 0 Å². The standard InChI is InChI=1S/C20H25N5O2/c21-20(5-1-2-6-20)19(27)24-10-13-9-14(12-24)16-4-3-15(17-22-7-8-23-17)18(26)25(16)11-13/h3-4,7-8,13-14H,1-2,5-6,9-12,21H2,(H,22,23)/t13-,14+/m0/s1. The fourth-order valence-corrected chi connectivity index (χ4v) is 5.24. The Morgan fingerprint density at radius 3 is 2.78 bits per heavy atom. The number of hydrogen-bond donors (Lipinski definition) is 2. The Hall–Kier alpha value is -2.41. The molecular formula is C20H25N5O2. The molecule has 1 saturated heterocycles. The van der Waals surface area contributed by atoms with Crippen LogP contribution in [0, 0.1) is 5.92 Å². The van der Waals surface area contributed by atoms with E-state index in [1.54, 1.807) is 12.4 Å². The smallest absolute Gasteiger partial charge is 0.261 e. The van der Waals surface area contributed by atoms with Crippen molar-refractivity contribution in [2.45, 2.75) is 50.1 Å². The number of aromatic nitrogens is 3. The lowest BCUT2D eigenvalue weighted by Crippen LogP contribution is -2.58. The van der Waals surface area contributed by atoms with Gasteiger partial charge in [0.25, 0.3) is 5.56 Å². The van der Waals surface area contributed by atoms with Gasteiger partial charge in [-0.05, 0) is 37.3 Å². The fraction of sp³-hybridized carbons (Fsp3) is 0.550. The average molecular weight is 367 g/mol. The lowest BCUT2D eigenvalue weighted by Gasteiger charge is -2.44. The summed E-state index contributed by atoms with van der Waals surface area (Å²) in [7, 11) is 0. The highest BCUT2D eigenvalue weighted by atomic mass is 16.2. The molecule has 142 valence electrons. The molecule has 7 heteroatoms. The molecule has 3 N–H and O–H groups in total. The van der Waals surface area contributed by atoms with Crippen molar-refractivity contribution in [3.8, 4) is 11.4 Å². The van der Waals surface area contributed by atoms with Gasteiger partial charge >= 0.3 is 0 Å². The third kappa shape index (κ3) is 2.64. The van der Waals surface area contributed by atoms with Crippen LogP contribution in [0.1, 0.15) is 43.7 Å². The molecule has 4 heterocycles. The summed E-state index contributed by atoms with van der Waals surface area (Å²) in [5.41, 5.74) is 7.38. The molecule has 1 amide bonds. The van der Waals surface area contributed by atoms with E-state index in [-0.39, 0.29) is 17.4 Å². The van der Waals surface area contributed by atoms with Gasteiger partial charge < -0.3 is 20.2 Å². The molecule has 2 aromatic rings. The number of fused-ring (bicyclic) bond motifs is 4. The molecule has 2 fully saturated rings. The number of nitrogens with one attached hydrogen (secondary N) is 1. The van der Waals surface area contributed by atoms with E-state index in [1.165, 1.54) is 0 Å². The first-order valence-corrected chi connectivity index (χ1v) is 9.87. The number of amides is 1. The van der Waals surface area contributed by atoms with E-state index in [4.69, 9.17) is 5.73 Å². The lowest BCUT2D eigenvalue weighted by atomic mass is 9.82. The summed E-state index contributed by atoms with van der Waals surface area (Å²) >= 11 is 0. The SMILES string of the molecule is NC1(C(=O)N2C[C@@H]3C[C@H](C2)c2ccc(-c4ncc[nH]4)c(=O)n2C3)CCCC1. The van der Waals surface area contributed by atoms with Crippen LogP contribution in [0.25, 0.3) is 11.4 Å². The zero-order valence-electron chi connectivity index (χ0n) is 15.4. The molecule has 1 saturated carbocycles.